The lowest BCUT2D eigenvalue weighted by Gasteiger charge is -2.50. The molecule has 0 bridgehead atoms. The van der Waals surface area contributed by atoms with Crippen LogP contribution in [0.15, 0.2) is 48.5 Å². The van der Waals surface area contributed by atoms with E-state index in [1.54, 1.807) is 6.92 Å². The molecule has 0 radical (unpaired) electrons. The zero-order valence-electron chi connectivity index (χ0n) is 22.6. The number of Topliss-reactive ketones (excluding diaryl/α,β-unsaturated/α-hetero) is 2. The largest absolute Gasteiger partial charge is 0.507 e. The molecule has 0 aliphatic carbocycles. The predicted octanol–water partition coefficient (Wildman–Crippen LogP) is 5.59. The maximum Gasteiger partial charge on any atom is 0.286 e. The van der Waals surface area contributed by atoms with E-state index in [2.05, 4.69) is 0 Å². The van der Waals surface area contributed by atoms with Crippen molar-refractivity contribution >= 4 is 11.6 Å². The summed E-state index contributed by atoms with van der Waals surface area (Å²) in [6.45, 7) is 4.34. The number of carbonyl (C=O) groups is 2. The number of benzene rings is 4. The van der Waals surface area contributed by atoms with E-state index in [0.717, 1.165) is 0 Å². The van der Waals surface area contributed by atoms with Crippen LogP contribution in [0, 0.1) is 0 Å². The summed E-state index contributed by atoms with van der Waals surface area (Å²) in [7, 11) is 0. The summed E-state index contributed by atoms with van der Waals surface area (Å²) in [4.78, 5) is 24.4. The van der Waals surface area contributed by atoms with Crippen LogP contribution < -0.4 is 14.2 Å². The first-order valence-corrected chi connectivity index (χ1v) is 13.1. The molecule has 5 N–H and O–H groups in total. The minimum Gasteiger partial charge on any atom is -0.507 e. The van der Waals surface area contributed by atoms with Gasteiger partial charge in [-0.15, -0.1) is 0 Å². The van der Waals surface area contributed by atoms with Gasteiger partial charge in [0, 0.05) is 16.7 Å². The van der Waals surface area contributed by atoms with Crippen LogP contribution in [-0.2, 0) is 11.4 Å². The van der Waals surface area contributed by atoms with Gasteiger partial charge < -0.3 is 39.7 Å². The molecule has 0 saturated heterocycles. The van der Waals surface area contributed by atoms with Crippen LogP contribution >= 0.6 is 0 Å². The molecule has 1 spiro atoms. The van der Waals surface area contributed by atoms with Gasteiger partial charge in [0.05, 0.1) is 34.2 Å². The van der Waals surface area contributed by atoms with Crippen LogP contribution in [0.25, 0.3) is 22.3 Å². The maximum absolute atomic E-state index is 12.2. The van der Waals surface area contributed by atoms with Crippen molar-refractivity contribution in [1.29, 1.82) is 0 Å². The van der Waals surface area contributed by atoms with Crippen molar-refractivity contribution in [2.75, 3.05) is 0 Å². The molecule has 3 aliphatic heterocycles. The Kier molecular flexibility index (Phi) is 4.93. The number of phenolic OH excluding ortho intramolecular Hbond substituents is 5. The Labute approximate surface area is 238 Å². The molecule has 0 saturated carbocycles. The van der Waals surface area contributed by atoms with Crippen molar-refractivity contribution in [2.45, 2.75) is 38.6 Å². The molecule has 0 aromatic heterocycles. The van der Waals surface area contributed by atoms with Crippen molar-refractivity contribution in [3.05, 3.63) is 70.8 Å². The Balaban J connectivity index is 1.51. The molecule has 0 unspecified atom stereocenters. The first-order chi connectivity index (χ1) is 19.9. The third kappa shape index (κ3) is 3.14. The first kappa shape index (κ1) is 25.6. The highest BCUT2D eigenvalue weighted by Crippen LogP contribution is 2.65. The number of rotatable bonds is 2. The topological polar surface area (TPSA) is 163 Å². The minimum atomic E-state index is -1.83. The van der Waals surface area contributed by atoms with E-state index < -0.39 is 22.9 Å². The SMILES string of the molecule is CC(=O)c1ccc2c(c1O)-c1c(O)ccc(O)c1[C@@]1(C[C@]3(C)Oc4ccc(C(C)=O)c(O)c4-c4c(O)ccc(c43)O1)O2. The molecule has 2 atom stereocenters. The lowest BCUT2D eigenvalue weighted by atomic mass is 9.74. The second-order valence-corrected chi connectivity index (χ2v) is 10.9. The van der Waals surface area contributed by atoms with Crippen LogP contribution in [-0.4, -0.2) is 37.1 Å². The number of carbonyl (C=O) groups excluding carboxylic acids is 2. The Morgan fingerprint density at radius 3 is 1.62 bits per heavy atom. The third-order valence-electron chi connectivity index (χ3n) is 8.21. The molecule has 10 nitrogen and oxygen atoms in total. The van der Waals surface area contributed by atoms with Crippen LogP contribution in [0.5, 0.6) is 46.0 Å². The molecular formula is C32H24O10. The zero-order valence-corrected chi connectivity index (χ0v) is 22.6. The van der Waals surface area contributed by atoms with E-state index in [1.165, 1.54) is 62.4 Å². The fraction of sp³-hybridized carbons (Fsp3) is 0.188. The molecule has 3 heterocycles. The molecule has 212 valence electrons. The van der Waals surface area contributed by atoms with Gasteiger partial charge >= 0.3 is 0 Å². The molecule has 10 heteroatoms. The predicted molar refractivity (Wildman–Crippen MR) is 148 cm³/mol. The summed E-state index contributed by atoms with van der Waals surface area (Å²) < 4.78 is 19.5. The van der Waals surface area contributed by atoms with Gasteiger partial charge in [0.15, 0.2) is 11.6 Å². The van der Waals surface area contributed by atoms with Gasteiger partial charge in [0.1, 0.15) is 51.6 Å². The fourth-order valence-corrected chi connectivity index (χ4v) is 6.52. The van der Waals surface area contributed by atoms with E-state index in [-0.39, 0.29) is 91.4 Å². The van der Waals surface area contributed by atoms with Gasteiger partial charge in [-0.2, -0.15) is 0 Å². The zero-order chi connectivity index (χ0) is 29.9. The van der Waals surface area contributed by atoms with Crippen LogP contribution in [0.2, 0.25) is 0 Å². The van der Waals surface area contributed by atoms with Crippen molar-refractivity contribution in [3.8, 4) is 68.2 Å². The number of hydrogen-bond acceptors (Lipinski definition) is 10. The van der Waals surface area contributed by atoms with Crippen molar-refractivity contribution in [2.24, 2.45) is 0 Å². The number of hydrogen-bond donors (Lipinski definition) is 5. The second kappa shape index (κ2) is 8.10. The van der Waals surface area contributed by atoms with Gasteiger partial charge in [0.2, 0.25) is 0 Å². The highest BCUT2D eigenvalue weighted by atomic mass is 16.7. The number of ether oxygens (including phenoxy) is 3. The number of ketones is 2. The highest BCUT2D eigenvalue weighted by Gasteiger charge is 2.59. The van der Waals surface area contributed by atoms with E-state index in [0.29, 0.717) is 5.56 Å². The van der Waals surface area contributed by atoms with Crippen LogP contribution in [0.3, 0.4) is 0 Å². The molecule has 0 amide bonds. The Hall–Kier alpha value is -5.38. The molecule has 42 heavy (non-hydrogen) atoms. The monoisotopic (exact) mass is 568 g/mol. The molecule has 0 fully saturated rings. The van der Waals surface area contributed by atoms with Gasteiger partial charge in [-0.3, -0.25) is 9.59 Å². The summed E-state index contributed by atoms with van der Waals surface area (Å²) >= 11 is 0. The quantitative estimate of drug-likeness (QED) is 0.152. The molecule has 3 aliphatic rings. The number of phenols is 5. The third-order valence-corrected chi connectivity index (χ3v) is 8.21. The standard InChI is InChI=1S/C32H24O10/c1-13(33)15-4-9-20-25(29(15)38)24-18(36)8-11-22-28(24)31(3,40-20)12-32(42-22)27-19(37)7-6-17(35)23(27)26-21(41-32)10-5-16(14(2)34)30(26)39/h4-11,35-39H,12H2,1-3H3/t31-,32-/m0/s1. The van der Waals surface area contributed by atoms with Gasteiger partial charge in [-0.05, 0) is 69.3 Å². The number of aromatic hydroxyl groups is 5. The van der Waals surface area contributed by atoms with Crippen LogP contribution in [0.1, 0.15) is 59.0 Å². The van der Waals surface area contributed by atoms with Gasteiger partial charge in [-0.1, -0.05) is 0 Å². The van der Waals surface area contributed by atoms with E-state index >= 15 is 0 Å². The van der Waals surface area contributed by atoms with Crippen LogP contribution in [0.4, 0.5) is 0 Å². The normalized spacial score (nSPS) is 20.6. The summed E-state index contributed by atoms with van der Waals surface area (Å²) in [6.07, 6.45) is -0.142. The van der Waals surface area contributed by atoms with E-state index in [9.17, 15) is 35.1 Å². The average Bonchev–Trinajstić information content (AvgIpc) is 2.91. The minimum absolute atomic E-state index is 0.000869. The van der Waals surface area contributed by atoms with E-state index in [4.69, 9.17) is 14.2 Å². The molecular weight excluding hydrogens is 544 g/mol. The summed E-state index contributed by atoms with van der Waals surface area (Å²) in [5.74, 6) is -3.74. The Bertz CT molecular complexity index is 1930. The fourth-order valence-electron chi connectivity index (χ4n) is 6.52. The molecule has 7 rings (SSSR count). The Morgan fingerprint density at radius 2 is 1.05 bits per heavy atom. The first-order valence-electron chi connectivity index (χ1n) is 13.1. The Morgan fingerprint density at radius 1 is 0.595 bits per heavy atom. The lowest BCUT2D eigenvalue weighted by molar-refractivity contribution is -0.181. The second-order valence-electron chi connectivity index (χ2n) is 10.9. The lowest BCUT2D eigenvalue weighted by Crippen LogP contribution is -2.53. The number of fused-ring (bicyclic) bond motifs is 6. The summed E-state index contributed by atoms with van der Waals surface area (Å²) in [6, 6.07) is 11.2. The molecule has 4 aromatic rings. The van der Waals surface area contributed by atoms with Crippen molar-refractivity contribution in [1.82, 2.24) is 0 Å². The highest BCUT2D eigenvalue weighted by molar-refractivity contribution is 6.02. The summed E-state index contributed by atoms with van der Waals surface area (Å²) in [5.41, 5.74) is -0.509. The van der Waals surface area contributed by atoms with E-state index in [1.807, 2.05) is 0 Å². The summed E-state index contributed by atoms with van der Waals surface area (Å²) in [5, 5.41) is 55.5. The van der Waals surface area contributed by atoms with Gasteiger partial charge in [-0.25, -0.2) is 0 Å². The van der Waals surface area contributed by atoms with Crippen molar-refractivity contribution < 1.29 is 49.3 Å². The van der Waals surface area contributed by atoms with Gasteiger partial charge in [0.25, 0.3) is 5.79 Å². The van der Waals surface area contributed by atoms with Crippen molar-refractivity contribution in [3.63, 3.8) is 0 Å². The molecule has 4 aromatic carbocycles. The maximum atomic E-state index is 12.2. The smallest absolute Gasteiger partial charge is 0.286 e. The average molecular weight is 569 g/mol.